The van der Waals surface area contributed by atoms with Gasteiger partial charge in [0.25, 0.3) is 0 Å². The van der Waals surface area contributed by atoms with Crippen molar-refractivity contribution in [3.63, 3.8) is 0 Å². The zero-order valence-corrected chi connectivity index (χ0v) is 9.20. The maximum Gasteiger partial charge on any atom is 0.328 e. The molecule has 0 saturated carbocycles. The van der Waals surface area contributed by atoms with Gasteiger partial charge < -0.3 is 5.11 Å². The van der Waals surface area contributed by atoms with E-state index in [1.807, 2.05) is 0 Å². The van der Waals surface area contributed by atoms with Crippen LogP contribution in [0.1, 0.15) is 12.0 Å². The molecule has 1 aromatic carbocycles. The minimum atomic E-state index is -3.24. The Balaban J connectivity index is 2.65. The summed E-state index contributed by atoms with van der Waals surface area (Å²) in [6.07, 6.45) is 1.33. The molecule has 1 aliphatic rings. The van der Waals surface area contributed by atoms with E-state index < -0.39 is 15.8 Å². The molecule has 0 saturated heterocycles. The molecule has 0 aromatic heterocycles. The molecule has 0 radical (unpaired) electrons. The number of sulfone groups is 1. The van der Waals surface area contributed by atoms with Crippen LogP contribution in [0, 0.1) is 0 Å². The number of fused-ring (bicyclic) bond motifs is 1. The van der Waals surface area contributed by atoms with Crippen LogP contribution in [0.4, 0.5) is 0 Å². The average Bonchev–Trinajstić information content (AvgIpc) is 2.23. The number of carbonyl (C=O) groups is 1. The lowest BCUT2D eigenvalue weighted by atomic mass is 10.0. The Labute approximate surface area is 93.1 Å². The topological polar surface area (TPSA) is 71.4 Å². The highest BCUT2D eigenvalue weighted by Crippen LogP contribution is 2.32. The van der Waals surface area contributed by atoms with Crippen molar-refractivity contribution in [2.45, 2.75) is 11.3 Å². The lowest BCUT2D eigenvalue weighted by molar-refractivity contribution is -0.131. The normalized spacial score (nSPS) is 20.4. The summed E-state index contributed by atoms with van der Waals surface area (Å²) >= 11 is 0. The molecule has 0 amide bonds. The molecular weight excluding hydrogens is 228 g/mol. The number of aliphatic carboxylic acids is 1. The SMILES string of the molecule is O=C(O)/C=C1/CCS(=O)(=O)c2ccccc21. The first-order chi connectivity index (χ1) is 7.50. The predicted molar refractivity (Wildman–Crippen MR) is 58.7 cm³/mol. The number of rotatable bonds is 1. The molecular formula is C11H10O4S. The molecule has 16 heavy (non-hydrogen) atoms. The number of hydrogen-bond acceptors (Lipinski definition) is 3. The van der Waals surface area contributed by atoms with Crippen molar-refractivity contribution in [1.82, 2.24) is 0 Å². The molecule has 0 fully saturated rings. The smallest absolute Gasteiger partial charge is 0.328 e. The van der Waals surface area contributed by atoms with Gasteiger partial charge in [-0.05, 0) is 23.6 Å². The minimum Gasteiger partial charge on any atom is -0.478 e. The zero-order valence-electron chi connectivity index (χ0n) is 8.38. The van der Waals surface area contributed by atoms with Crippen molar-refractivity contribution >= 4 is 21.4 Å². The maximum absolute atomic E-state index is 11.7. The molecule has 0 unspecified atom stereocenters. The molecule has 0 atom stereocenters. The lowest BCUT2D eigenvalue weighted by Crippen LogP contribution is -2.15. The fourth-order valence-corrected chi connectivity index (χ4v) is 3.32. The van der Waals surface area contributed by atoms with E-state index in [9.17, 15) is 13.2 Å². The van der Waals surface area contributed by atoms with Crippen LogP contribution in [0.3, 0.4) is 0 Å². The zero-order chi connectivity index (χ0) is 11.8. The van der Waals surface area contributed by atoms with Crippen LogP contribution in [-0.2, 0) is 14.6 Å². The lowest BCUT2D eigenvalue weighted by Gasteiger charge is -2.18. The van der Waals surface area contributed by atoms with Crippen molar-refractivity contribution in [2.24, 2.45) is 0 Å². The number of carboxylic acid groups (broad SMARTS) is 1. The summed E-state index contributed by atoms with van der Waals surface area (Å²) in [6, 6.07) is 6.50. The van der Waals surface area contributed by atoms with Crippen LogP contribution < -0.4 is 0 Å². The van der Waals surface area contributed by atoms with E-state index in [0.717, 1.165) is 6.08 Å². The van der Waals surface area contributed by atoms with E-state index in [0.29, 0.717) is 11.1 Å². The second-order valence-electron chi connectivity index (χ2n) is 3.57. The molecule has 1 aliphatic heterocycles. The summed E-state index contributed by atoms with van der Waals surface area (Å²) in [6.45, 7) is 0. The molecule has 0 spiro atoms. The largest absolute Gasteiger partial charge is 0.478 e. The predicted octanol–water partition coefficient (Wildman–Crippen LogP) is 1.33. The number of allylic oxidation sites excluding steroid dienone is 1. The summed E-state index contributed by atoms with van der Waals surface area (Å²) in [4.78, 5) is 10.8. The fraction of sp³-hybridized carbons (Fsp3) is 0.182. The van der Waals surface area contributed by atoms with Crippen molar-refractivity contribution < 1.29 is 18.3 Å². The molecule has 1 aromatic rings. The van der Waals surface area contributed by atoms with Gasteiger partial charge in [-0.2, -0.15) is 0 Å². The van der Waals surface area contributed by atoms with Crippen LogP contribution in [0.2, 0.25) is 0 Å². The monoisotopic (exact) mass is 238 g/mol. The highest BCUT2D eigenvalue weighted by molar-refractivity contribution is 7.91. The van der Waals surface area contributed by atoms with Gasteiger partial charge in [0.15, 0.2) is 9.84 Å². The minimum absolute atomic E-state index is 0.0247. The van der Waals surface area contributed by atoms with Crippen molar-refractivity contribution in [3.8, 4) is 0 Å². The quantitative estimate of drug-likeness (QED) is 0.749. The number of hydrogen-bond donors (Lipinski definition) is 1. The van der Waals surface area contributed by atoms with Crippen molar-refractivity contribution in [3.05, 3.63) is 35.9 Å². The van der Waals surface area contributed by atoms with Gasteiger partial charge in [0.05, 0.1) is 10.6 Å². The van der Waals surface area contributed by atoms with Gasteiger partial charge in [-0.3, -0.25) is 0 Å². The van der Waals surface area contributed by atoms with Gasteiger partial charge in [0, 0.05) is 6.08 Å². The average molecular weight is 238 g/mol. The summed E-state index contributed by atoms with van der Waals surface area (Å²) in [5, 5.41) is 8.70. The van der Waals surface area contributed by atoms with Gasteiger partial charge >= 0.3 is 5.97 Å². The summed E-state index contributed by atoms with van der Waals surface area (Å²) in [5.41, 5.74) is 1.08. The molecule has 2 rings (SSSR count). The molecule has 4 nitrogen and oxygen atoms in total. The third-order valence-electron chi connectivity index (χ3n) is 2.51. The van der Waals surface area contributed by atoms with Crippen LogP contribution in [-0.4, -0.2) is 25.2 Å². The Morgan fingerprint density at radius 1 is 1.31 bits per heavy atom. The Bertz CT molecular complexity index is 569. The highest BCUT2D eigenvalue weighted by Gasteiger charge is 2.26. The summed E-state index contributed by atoms with van der Waals surface area (Å²) in [5.74, 6) is -1.08. The van der Waals surface area contributed by atoms with E-state index in [1.54, 1.807) is 18.2 Å². The van der Waals surface area contributed by atoms with E-state index >= 15 is 0 Å². The van der Waals surface area contributed by atoms with Crippen molar-refractivity contribution in [2.75, 3.05) is 5.75 Å². The summed E-state index contributed by atoms with van der Waals surface area (Å²) in [7, 11) is -3.24. The van der Waals surface area contributed by atoms with Gasteiger partial charge in [-0.1, -0.05) is 18.2 Å². The second kappa shape index (κ2) is 3.75. The fourth-order valence-electron chi connectivity index (χ4n) is 1.79. The second-order valence-corrected chi connectivity index (χ2v) is 5.65. The van der Waals surface area contributed by atoms with E-state index in [4.69, 9.17) is 5.11 Å². The van der Waals surface area contributed by atoms with Crippen LogP contribution in [0.15, 0.2) is 35.2 Å². The first-order valence-corrected chi connectivity index (χ1v) is 6.41. The van der Waals surface area contributed by atoms with Gasteiger partial charge in [0.1, 0.15) is 0 Å². The van der Waals surface area contributed by atoms with E-state index in [1.165, 1.54) is 6.07 Å². The number of carboxylic acids is 1. The van der Waals surface area contributed by atoms with Crippen molar-refractivity contribution in [1.29, 1.82) is 0 Å². The van der Waals surface area contributed by atoms with Crippen LogP contribution in [0.25, 0.3) is 5.57 Å². The molecule has 0 bridgehead atoms. The van der Waals surface area contributed by atoms with E-state index in [2.05, 4.69) is 0 Å². The molecule has 84 valence electrons. The molecule has 5 heteroatoms. The Hall–Kier alpha value is -1.62. The molecule has 0 aliphatic carbocycles. The Kier molecular flexibility index (Phi) is 2.55. The molecule has 1 N–H and O–H groups in total. The molecule has 1 heterocycles. The maximum atomic E-state index is 11.7. The highest BCUT2D eigenvalue weighted by atomic mass is 32.2. The number of benzene rings is 1. The van der Waals surface area contributed by atoms with E-state index in [-0.39, 0.29) is 17.1 Å². The summed E-state index contributed by atoms with van der Waals surface area (Å²) < 4.78 is 23.5. The van der Waals surface area contributed by atoms with Crippen LogP contribution >= 0.6 is 0 Å². The first-order valence-electron chi connectivity index (χ1n) is 4.76. The van der Waals surface area contributed by atoms with Gasteiger partial charge in [-0.25, -0.2) is 13.2 Å². The Morgan fingerprint density at radius 2 is 2.00 bits per heavy atom. The third kappa shape index (κ3) is 1.86. The van der Waals surface area contributed by atoms with Gasteiger partial charge in [-0.15, -0.1) is 0 Å². The third-order valence-corrected chi connectivity index (χ3v) is 4.27. The first kappa shape index (κ1) is 10.9. The van der Waals surface area contributed by atoms with Crippen LogP contribution in [0.5, 0.6) is 0 Å². The van der Waals surface area contributed by atoms with Gasteiger partial charge in [0.2, 0.25) is 0 Å². The standard InChI is InChI=1S/C11H10O4S/c12-11(13)7-8-5-6-16(14,15)10-4-2-1-3-9(8)10/h1-4,7H,5-6H2,(H,12,13)/b8-7-. The Morgan fingerprint density at radius 3 is 2.69 bits per heavy atom.